The van der Waals surface area contributed by atoms with Crippen LogP contribution in [0.25, 0.3) is 0 Å². The van der Waals surface area contributed by atoms with Gasteiger partial charge in [0.25, 0.3) is 0 Å². The van der Waals surface area contributed by atoms with Crippen LogP contribution in [-0.2, 0) is 0 Å². The maximum atomic E-state index is 12.2. The summed E-state index contributed by atoms with van der Waals surface area (Å²) in [5.41, 5.74) is 0.156. The summed E-state index contributed by atoms with van der Waals surface area (Å²) in [4.78, 5) is 0. The van der Waals surface area contributed by atoms with Gasteiger partial charge in [0.05, 0.1) is 6.10 Å². The summed E-state index contributed by atoms with van der Waals surface area (Å²) >= 11 is 1.47. The summed E-state index contributed by atoms with van der Waals surface area (Å²) in [6.07, 6.45) is -5.72. The highest BCUT2D eigenvalue weighted by atomic mass is 32.2. The minimum atomic E-state index is -4.75. The maximum absolute atomic E-state index is 12.2. The van der Waals surface area contributed by atoms with Gasteiger partial charge in [0.2, 0.25) is 0 Å². The second kappa shape index (κ2) is 6.33. The molecule has 0 spiro atoms. The van der Waals surface area contributed by atoms with Crippen molar-refractivity contribution in [3.05, 3.63) is 29.8 Å². The lowest BCUT2D eigenvalue weighted by atomic mass is 10.1. The summed E-state index contributed by atoms with van der Waals surface area (Å²) in [5, 5.41) is 10.2. The fraction of sp³-hybridized carbons (Fsp3) is 0.500. The normalized spacial score (nSPS) is 13.7. The number of rotatable bonds is 5. The molecule has 1 rings (SSSR count). The molecule has 0 saturated carbocycles. The van der Waals surface area contributed by atoms with Crippen molar-refractivity contribution < 1.29 is 23.0 Å². The van der Waals surface area contributed by atoms with Gasteiger partial charge in [-0.25, -0.2) is 0 Å². The van der Waals surface area contributed by atoms with E-state index < -0.39 is 12.5 Å². The highest BCUT2D eigenvalue weighted by molar-refractivity contribution is 7.99. The number of thioether (sulfide) groups is 1. The fourth-order valence-corrected chi connectivity index (χ4v) is 2.09. The molecule has 0 aliphatic rings. The Morgan fingerprint density at radius 1 is 1.28 bits per heavy atom. The van der Waals surface area contributed by atoms with Crippen molar-refractivity contribution in [2.75, 3.05) is 5.75 Å². The van der Waals surface area contributed by atoms with Crippen molar-refractivity contribution in [3.63, 3.8) is 0 Å². The van der Waals surface area contributed by atoms with E-state index in [2.05, 4.69) is 4.74 Å². The van der Waals surface area contributed by atoms with Gasteiger partial charge in [0.1, 0.15) is 5.75 Å². The van der Waals surface area contributed by atoms with Crippen LogP contribution in [0.15, 0.2) is 24.3 Å². The molecule has 2 nitrogen and oxygen atoms in total. The van der Waals surface area contributed by atoms with Crippen LogP contribution in [0, 0.1) is 0 Å². The van der Waals surface area contributed by atoms with Crippen molar-refractivity contribution in [2.24, 2.45) is 0 Å². The molecule has 102 valence electrons. The predicted molar refractivity (Wildman–Crippen MR) is 65.7 cm³/mol. The molecular weight excluding hydrogens is 265 g/mol. The van der Waals surface area contributed by atoms with Crippen LogP contribution in [0.1, 0.15) is 25.5 Å². The summed E-state index contributed by atoms with van der Waals surface area (Å²) in [7, 11) is 0. The number of alkyl halides is 3. The Balaban J connectivity index is 2.81. The Hall–Kier alpha value is -0.880. The smallest absolute Gasteiger partial charge is 0.405 e. The van der Waals surface area contributed by atoms with Gasteiger partial charge in [-0.2, -0.15) is 11.8 Å². The summed E-state index contributed by atoms with van der Waals surface area (Å²) in [6.45, 7) is 3.91. The largest absolute Gasteiger partial charge is 0.573 e. The van der Waals surface area contributed by atoms with Crippen molar-refractivity contribution in [3.8, 4) is 5.75 Å². The highest BCUT2D eigenvalue weighted by Crippen LogP contribution is 2.32. The number of hydrogen-bond acceptors (Lipinski definition) is 3. The van der Waals surface area contributed by atoms with Crippen LogP contribution >= 0.6 is 11.8 Å². The van der Waals surface area contributed by atoms with E-state index in [9.17, 15) is 18.3 Å². The Labute approximate surface area is 108 Å². The van der Waals surface area contributed by atoms with Crippen LogP contribution in [0.2, 0.25) is 0 Å². The average molecular weight is 280 g/mol. The second-order valence-corrected chi connectivity index (χ2v) is 5.59. The van der Waals surface area contributed by atoms with E-state index in [1.807, 2.05) is 13.8 Å². The Kier molecular flexibility index (Phi) is 5.34. The zero-order valence-corrected chi connectivity index (χ0v) is 10.9. The highest BCUT2D eigenvalue weighted by Gasteiger charge is 2.32. The second-order valence-electron chi connectivity index (χ2n) is 3.98. The molecule has 1 atom stereocenters. The number of hydrogen-bond donors (Lipinski definition) is 1. The molecule has 0 heterocycles. The Morgan fingerprint density at radius 3 is 2.44 bits per heavy atom. The van der Waals surface area contributed by atoms with Crippen molar-refractivity contribution >= 4 is 11.8 Å². The van der Waals surface area contributed by atoms with E-state index >= 15 is 0 Å². The van der Waals surface area contributed by atoms with Gasteiger partial charge in [-0.05, 0) is 11.3 Å². The quantitative estimate of drug-likeness (QED) is 0.890. The minimum Gasteiger partial charge on any atom is -0.405 e. The third-order valence-corrected chi connectivity index (χ3v) is 3.27. The number of para-hydroxylation sites is 1. The van der Waals surface area contributed by atoms with Gasteiger partial charge >= 0.3 is 6.36 Å². The molecule has 0 aliphatic heterocycles. The summed E-state index contributed by atoms with van der Waals surface area (Å²) < 4.78 is 40.5. The van der Waals surface area contributed by atoms with E-state index in [4.69, 9.17) is 0 Å². The number of ether oxygens (including phenoxy) is 1. The van der Waals surface area contributed by atoms with Gasteiger partial charge in [-0.15, -0.1) is 13.2 Å². The molecule has 0 aromatic heterocycles. The molecule has 1 aromatic carbocycles. The van der Waals surface area contributed by atoms with Crippen LogP contribution in [0.5, 0.6) is 5.75 Å². The first-order valence-electron chi connectivity index (χ1n) is 5.44. The molecule has 1 unspecified atom stereocenters. The third kappa shape index (κ3) is 5.18. The summed E-state index contributed by atoms with van der Waals surface area (Å²) in [5.74, 6) is -0.0162. The predicted octanol–water partition coefficient (Wildman–Crippen LogP) is 3.76. The van der Waals surface area contributed by atoms with Crippen LogP contribution in [0.3, 0.4) is 0 Å². The first kappa shape index (κ1) is 15.2. The molecule has 1 aromatic rings. The molecule has 0 fully saturated rings. The van der Waals surface area contributed by atoms with Crippen LogP contribution in [0.4, 0.5) is 13.2 Å². The van der Waals surface area contributed by atoms with Crippen LogP contribution in [-0.4, -0.2) is 22.5 Å². The lowest BCUT2D eigenvalue weighted by Gasteiger charge is -2.17. The van der Waals surface area contributed by atoms with Gasteiger partial charge in [0, 0.05) is 11.3 Å². The number of aliphatic hydroxyl groups excluding tert-OH is 1. The average Bonchev–Trinajstić information content (AvgIpc) is 2.24. The molecule has 0 saturated heterocycles. The molecule has 18 heavy (non-hydrogen) atoms. The molecule has 6 heteroatoms. The van der Waals surface area contributed by atoms with E-state index in [1.54, 1.807) is 6.07 Å². The monoisotopic (exact) mass is 280 g/mol. The van der Waals surface area contributed by atoms with Gasteiger partial charge in [-0.1, -0.05) is 32.0 Å². The zero-order chi connectivity index (χ0) is 13.8. The standard InChI is InChI=1S/C12H15F3O2S/c1-8(2)18-7-10(16)9-5-3-4-6-11(9)17-12(13,14)15/h3-6,8,10,16H,7H2,1-2H3. The SMILES string of the molecule is CC(C)SCC(O)c1ccccc1OC(F)(F)F. The van der Waals surface area contributed by atoms with Crippen molar-refractivity contribution in [2.45, 2.75) is 31.6 Å². The fourth-order valence-electron chi connectivity index (χ4n) is 1.35. The lowest BCUT2D eigenvalue weighted by molar-refractivity contribution is -0.275. The van der Waals surface area contributed by atoms with Crippen molar-refractivity contribution in [1.82, 2.24) is 0 Å². The van der Waals surface area contributed by atoms with Gasteiger partial charge < -0.3 is 9.84 Å². The first-order valence-corrected chi connectivity index (χ1v) is 6.49. The van der Waals surface area contributed by atoms with E-state index in [1.165, 1.54) is 30.0 Å². The molecule has 0 bridgehead atoms. The van der Waals surface area contributed by atoms with E-state index in [-0.39, 0.29) is 11.3 Å². The number of halogens is 3. The molecule has 0 radical (unpaired) electrons. The molecule has 1 N–H and O–H groups in total. The third-order valence-electron chi connectivity index (χ3n) is 2.09. The zero-order valence-electron chi connectivity index (χ0n) is 10.1. The van der Waals surface area contributed by atoms with Crippen molar-refractivity contribution in [1.29, 1.82) is 0 Å². The minimum absolute atomic E-state index is 0.156. The van der Waals surface area contributed by atoms with Gasteiger partial charge in [0.15, 0.2) is 0 Å². The van der Waals surface area contributed by atoms with E-state index in [0.29, 0.717) is 11.0 Å². The first-order chi connectivity index (χ1) is 8.29. The number of aliphatic hydroxyl groups is 1. The van der Waals surface area contributed by atoms with Crippen LogP contribution < -0.4 is 4.74 Å². The van der Waals surface area contributed by atoms with Gasteiger partial charge in [-0.3, -0.25) is 0 Å². The van der Waals surface area contributed by atoms with E-state index in [0.717, 1.165) is 0 Å². The maximum Gasteiger partial charge on any atom is 0.573 e. The lowest BCUT2D eigenvalue weighted by Crippen LogP contribution is -2.19. The Bertz CT molecular complexity index is 380. The Morgan fingerprint density at radius 2 is 1.89 bits per heavy atom. The molecule has 0 aliphatic carbocycles. The molecular formula is C12H15F3O2S. The topological polar surface area (TPSA) is 29.5 Å². The number of benzene rings is 1. The summed E-state index contributed by atoms with van der Waals surface area (Å²) in [6, 6.07) is 5.65. The molecule has 0 amide bonds.